The highest BCUT2D eigenvalue weighted by atomic mass is 16.6. The van der Waals surface area contributed by atoms with E-state index in [0.717, 1.165) is 6.04 Å². The van der Waals surface area contributed by atoms with Crippen molar-refractivity contribution in [3.8, 4) is 0 Å². The van der Waals surface area contributed by atoms with Crippen molar-refractivity contribution < 1.29 is 4.74 Å². The molecule has 7 aliphatic rings. The fourth-order valence-corrected chi connectivity index (χ4v) is 7.79. The van der Waals surface area contributed by atoms with E-state index >= 15 is 0 Å². The number of hydrogen-bond acceptors (Lipinski definition) is 3. The van der Waals surface area contributed by atoms with Gasteiger partial charge in [-0.2, -0.15) is 0 Å². The van der Waals surface area contributed by atoms with Crippen LogP contribution >= 0.6 is 0 Å². The van der Waals surface area contributed by atoms with Crippen molar-refractivity contribution in [2.75, 3.05) is 18.4 Å². The molecule has 4 heterocycles. The van der Waals surface area contributed by atoms with Crippen LogP contribution in [0, 0.1) is 5.41 Å². The van der Waals surface area contributed by atoms with Gasteiger partial charge in [0.05, 0.1) is 12.2 Å². The van der Waals surface area contributed by atoms with E-state index in [0.29, 0.717) is 28.6 Å². The van der Waals surface area contributed by atoms with Gasteiger partial charge < -0.3 is 10.1 Å². The number of ether oxygens (including phenoxy) is 1. The Morgan fingerprint density at radius 3 is 2.86 bits per heavy atom. The number of hydrogen-bond donors (Lipinski definition) is 1. The molecule has 4 atom stereocenters. The Bertz CT molecular complexity index is 707. The third kappa shape index (κ3) is 0.908. The van der Waals surface area contributed by atoms with Crippen molar-refractivity contribution in [1.82, 2.24) is 4.90 Å². The minimum absolute atomic E-state index is 0.333. The van der Waals surface area contributed by atoms with Gasteiger partial charge in [-0.15, -0.1) is 0 Å². The summed E-state index contributed by atoms with van der Waals surface area (Å²) in [6, 6.07) is 9.92. The zero-order valence-corrected chi connectivity index (χ0v) is 12.8. The summed E-state index contributed by atoms with van der Waals surface area (Å²) >= 11 is 0. The Balaban J connectivity index is 1.55. The predicted molar refractivity (Wildman–Crippen MR) is 84.0 cm³/mol. The normalized spacial score (nSPS) is 55.9. The van der Waals surface area contributed by atoms with Gasteiger partial charge in [0, 0.05) is 34.6 Å². The number of anilines is 1. The molecule has 1 aromatic rings. The molecule has 22 heavy (non-hydrogen) atoms. The molecule has 3 spiro atoms. The molecule has 8 rings (SSSR count). The van der Waals surface area contributed by atoms with E-state index in [-0.39, 0.29) is 0 Å². The van der Waals surface area contributed by atoms with Gasteiger partial charge in [-0.05, 0) is 50.3 Å². The van der Waals surface area contributed by atoms with Gasteiger partial charge in [-0.3, -0.25) is 4.90 Å². The molecule has 0 amide bonds. The first kappa shape index (κ1) is 11.5. The molecular formula is C19H22N2O. The fraction of sp³-hybridized carbons (Fsp3) is 0.684. The second-order valence-corrected chi connectivity index (χ2v) is 8.70. The summed E-state index contributed by atoms with van der Waals surface area (Å²) in [6.45, 7) is 2.47. The standard InChI is InChI=1S/C19H22N2O/c1-2-4-13-12(3-1)19-9-10-21-11-14-15(22-14)17(16(19)21)5-7-18(19,20-13)8-6-17/h1-4,14-16,20H,5-11H2. The van der Waals surface area contributed by atoms with Crippen molar-refractivity contribution in [3.05, 3.63) is 29.8 Å². The number of nitrogens with zero attached hydrogens (tertiary/aromatic N) is 1. The Morgan fingerprint density at radius 1 is 1.09 bits per heavy atom. The monoisotopic (exact) mass is 294 g/mol. The van der Waals surface area contributed by atoms with Gasteiger partial charge in [-0.1, -0.05) is 18.2 Å². The average Bonchev–Trinajstić information content (AvgIpc) is 3.14. The van der Waals surface area contributed by atoms with Crippen LogP contribution in [0.3, 0.4) is 0 Å². The molecule has 3 saturated heterocycles. The van der Waals surface area contributed by atoms with E-state index in [1.54, 1.807) is 5.56 Å². The maximum absolute atomic E-state index is 6.19. The van der Waals surface area contributed by atoms with E-state index in [1.807, 2.05) is 0 Å². The number of para-hydroxylation sites is 1. The summed E-state index contributed by atoms with van der Waals surface area (Å²) in [5.41, 5.74) is 4.21. The maximum atomic E-state index is 6.19. The van der Waals surface area contributed by atoms with Crippen LogP contribution in [0.15, 0.2) is 24.3 Å². The van der Waals surface area contributed by atoms with Crippen LogP contribution in [0.2, 0.25) is 0 Å². The van der Waals surface area contributed by atoms with Gasteiger partial charge in [0.15, 0.2) is 0 Å². The van der Waals surface area contributed by atoms with E-state index in [4.69, 9.17) is 4.74 Å². The van der Waals surface area contributed by atoms with Gasteiger partial charge in [0.2, 0.25) is 0 Å². The summed E-state index contributed by atoms with van der Waals surface area (Å²) in [6.07, 6.45) is 7.92. The minimum Gasteiger partial charge on any atom is -0.378 e. The Hall–Kier alpha value is -1.06. The lowest BCUT2D eigenvalue weighted by molar-refractivity contribution is -0.0927. The topological polar surface area (TPSA) is 27.8 Å². The molecule has 6 fully saturated rings. The fourth-order valence-electron chi connectivity index (χ4n) is 7.79. The first-order valence-corrected chi connectivity index (χ1v) is 9.06. The van der Waals surface area contributed by atoms with Crippen molar-refractivity contribution in [1.29, 1.82) is 0 Å². The third-order valence-electron chi connectivity index (χ3n) is 8.40. The summed E-state index contributed by atoms with van der Waals surface area (Å²) in [4.78, 5) is 2.82. The van der Waals surface area contributed by atoms with Gasteiger partial charge in [0.25, 0.3) is 0 Å². The second kappa shape index (κ2) is 3.11. The number of piperidine rings is 1. The Kier molecular flexibility index (Phi) is 1.62. The molecular weight excluding hydrogens is 272 g/mol. The highest BCUT2D eigenvalue weighted by Crippen LogP contribution is 2.74. The van der Waals surface area contributed by atoms with E-state index < -0.39 is 0 Å². The lowest BCUT2D eigenvalue weighted by Gasteiger charge is -2.66. The summed E-state index contributed by atoms with van der Waals surface area (Å²) < 4.78 is 6.19. The third-order valence-corrected chi connectivity index (χ3v) is 8.40. The predicted octanol–water partition coefficient (Wildman–Crippen LogP) is 2.52. The molecule has 3 saturated carbocycles. The van der Waals surface area contributed by atoms with Crippen molar-refractivity contribution in [2.24, 2.45) is 5.41 Å². The summed E-state index contributed by atoms with van der Waals surface area (Å²) in [5.74, 6) is 0. The molecule has 2 bridgehead atoms. The van der Waals surface area contributed by atoms with E-state index in [1.165, 1.54) is 50.9 Å². The molecule has 0 radical (unpaired) electrons. The molecule has 4 aliphatic heterocycles. The molecule has 3 aliphatic carbocycles. The highest BCUT2D eigenvalue weighted by Gasteiger charge is 2.80. The average molecular weight is 294 g/mol. The van der Waals surface area contributed by atoms with Crippen LogP contribution in [0.25, 0.3) is 0 Å². The number of epoxide rings is 1. The molecule has 114 valence electrons. The Labute approximate surface area is 131 Å². The molecule has 3 nitrogen and oxygen atoms in total. The lowest BCUT2D eigenvalue weighted by Crippen LogP contribution is -2.74. The zero-order chi connectivity index (χ0) is 14.2. The van der Waals surface area contributed by atoms with E-state index in [2.05, 4.69) is 34.5 Å². The first-order chi connectivity index (χ1) is 10.8. The zero-order valence-electron chi connectivity index (χ0n) is 12.8. The lowest BCUT2D eigenvalue weighted by atomic mass is 9.42. The molecule has 0 aromatic heterocycles. The summed E-state index contributed by atoms with van der Waals surface area (Å²) in [7, 11) is 0. The van der Waals surface area contributed by atoms with Crippen LogP contribution < -0.4 is 5.32 Å². The van der Waals surface area contributed by atoms with Crippen molar-refractivity contribution >= 4 is 5.69 Å². The number of rotatable bonds is 0. The van der Waals surface area contributed by atoms with Gasteiger partial charge >= 0.3 is 0 Å². The smallest absolute Gasteiger partial charge is 0.0974 e. The first-order valence-electron chi connectivity index (χ1n) is 9.06. The van der Waals surface area contributed by atoms with Crippen LogP contribution in [0.4, 0.5) is 5.69 Å². The van der Waals surface area contributed by atoms with Crippen LogP contribution in [-0.4, -0.2) is 41.8 Å². The van der Waals surface area contributed by atoms with Crippen LogP contribution in [0.5, 0.6) is 0 Å². The van der Waals surface area contributed by atoms with Crippen molar-refractivity contribution in [3.63, 3.8) is 0 Å². The second-order valence-electron chi connectivity index (χ2n) is 8.70. The van der Waals surface area contributed by atoms with Gasteiger partial charge in [0.1, 0.15) is 0 Å². The molecule has 1 aromatic carbocycles. The van der Waals surface area contributed by atoms with Crippen LogP contribution in [-0.2, 0) is 10.2 Å². The quantitative estimate of drug-likeness (QED) is 0.745. The number of nitrogens with one attached hydrogen (secondary N) is 1. The SMILES string of the molecule is c1ccc2c(c1)NC13CCC4(CC1)C1OC1CN1CCC23C14. The number of fused-ring (bicyclic) bond motifs is 4. The van der Waals surface area contributed by atoms with Crippen LogP contribution in [0.1, 0.15) is 37.7 Å². The van der Waals surface area contributed by atoms with E-state index in [9.17, 15) is 0 Å². The molecule has 3 heteroatoms. The molecule has 4 unspecified atom stereocenters. The molecule has 1 N–H and O–H groups in total. The highest BCUT2D eigenvalue weighted by molar-refractivity contribution is 5.68. The minimum atomic E-state index is 0.333. The maximum Gasteiger partial charge on any atom is 0.0974 e. The Morgan fingerprint density at radius 2 is 1.95 bits per heavy atom. The van der Waals surface area contributed by atoms with Gasteiger partial charge in [-0.25, -0.2) is 0 Å². The number of benzene rings is 1. The van der Waals surface area contributed by atoms with Crippen molar-refractivity contribution in [2.45, 2.75) is 61.3 Å². The largest absolute Gasteiger partial charge is 0.378 e. The summed E-state index contributed by atoms with van der Waals surface area (Å²) in [5, 5.41) is 4.05.